The first-order chi connectivity index (χ1) is 22.5. The predicted molar refractivity (Wildman–Crippen MR) is 176 cm³/mol. The Balaban J connectivity index is 0.00000351. The van der Waals surface area contributed by atoms with Crippen LogP contribution in [0.25, 0.3) is 20.4 Å². The fraction of sp³-hybridized carbons (Fsp3) is 0.250. The number of carbonyl (C=O) groups is 1. The first kappa shape index (κ1) is 32.2. The van der Waals surface area contributed by atoms with Gasteiger partial charge in [-0.1, -0.05) is 48.5 Å². The second-order valence-electron chi connectivity index (χ2n) is 11.7. The van der Waals surface area contributed by atoms with Gasteiger partial charge in [0.25, 0.3) is 0 Å². The Morgan fingerprint density at radius 3 is 1.66 bits per heavy atom. The SMILES string of the molecule is O=C([O-])C1ON1C1CCC(c2ccc(OCc3nc4ccccc4s3)cc2)(c2ccc(OCc3nc4ccccc4s3)cc2)CC1.[Na+]. The summed E-state index contributed by atoms with van der Waals surface area (Å²) in [7, 11) is 0. The fourth-order valence-electron chi connectivity index (χ4n) is 6.60. The zero-order valence-corrected chi connectivity index (χ0v) is 29.5. The monoisotopic (exact) mass is 671 g/mol. The van der Waals surface area contributed by atoms with Crippen LogP contribution in [0, 0.1) is 0 Å². The first-order valence-corrected chi connectivity index (χ1v) is 17.0. The number of hydroxylamine groups is 2. The van der Waals surface area contributed by atoms with E-state index in [0.717, 1.165) is 67.6 Å². The van der Waals surface area contributed by atoms with E-state index in [-0.39, 0.29) is 41.0 Å². The van der Waals surface area contributed by atoms with Crippen molar-refractivity contribution in [1.82, 2.24) is 15.0 Å². The molecule has 0 bridgehead atoms. The third-order valence-electron chi connectivity index (χ3n) is 8.99. The molecule has 0 radical (unpaired) electrons. The molecule has 0 N–H and O–H groups in total. The number of thiazole rings is 2. The minimum absolute atomic E-state index is 0. The van der Waals surface area contributed by atoms with E-state index in [1.807, 2.05) is 60.7 Å². The summed E-state index contributed by atoms with van der Waals surface area (Å²) in [5.41, 5.74) is 4.13. The van der Waals surface area contributed by atoms with E-state index >= 15 is 0 Å². The van der Waals surface area contributed by atoms with Gasteiger partial charge in [0.2, 0.25) is 0 Å². The summed E-state index contributed by atoms with van der Waals surface area (Å²) >= 11 is 3.30. The standard InChI is InChI=1S/C36H31N3O5S2.Na/c40-35(41)34-39(44-34)25-17-19-36(20-18-25,23-9-13-26(14-10-23)42-21-32-37-28-5-1-3-7-30(28)45-32)24-11-15-27(16-12-24)43-22-33-38-29-6-2-4-8-31(29)46-33;/h1-16,25,34H,17-22H2,(H,40,41);/q;+1/p-1. The molecule has 4 aromatic carbocycles. The van der Waals surface area contributed by atoms with E-state index in [0.29, 0.717) is 13.2 Å². The zero-order valence-electron chi connectivity index (χ0n) is 25.8. The second kappa shape index (κ2) is 13.6. The van der Waals surface area contributed by atoms with Gasteiger partial charge in [-0.15, -0.1) is 27.7 Å². The Labute approximate surface area is 302 Å². The molecular formula is C36H30N3NaO5S2. The number of hydrogen-bond acceptors (Lipinski definition) is 10. The number of carbonyl (C=O) groups excluding carboxylic acids is 1. The van der Waals surface area contributed by atoms with Gasteiger partial charge in [-0.2, -0.15) is 0 Å². The summed E-state index contributed by atoms with van der Waals surface area (Å²) in [4.78, 5) is 26.0. The maximum Gasteiger partial charge on any atom is 1.00 e. The number of nitrogens with zero attached hydrogens (tertiary/aromatic N) is 3. The van der Waals surface area contributed by atoms with Crippen molar-refractivity contribution in [3.63, 3.8) is 0 Å². The van der Waals surface area contributed by atoms with E-state index in [4.69, 9.17) is 14.3 Å². The number of rotatable bonds is 10. The molecule has 1 saturated heterocycles. The van der Waals surface area contributed by atoms with Crippen LogP contribution in [0.4, 0.5) is 0 Å². The molecule has 232 valence electrons. The van der Waals surface area contributed by atoms with Crippen molar-refractivity contribution < 1.29 is 53.8 Å². The van der Waals surface area contributed by atoms with Gasteiger partial charge in [0.05, 0.1) is 26.4 Å². The van der Waals surface area contributed by atoms with Crippen molar-refractivity contribution in [2.45, 2.75) is 56.6 Å². The molecule has 2 aliphatic rings. The van der Waals surface area contributed by atoms with Gasteiger partial charge in [0, 0.05) is 11.5 Å². The van der Waals surface area contributed by atoms with Crippen molar-refractivity contribution in [2.75, 3.05) is 0 Å². The van der Waals surface area contributed by atoms with E-state index in [9.17, 15) is 9.90 Å². The fourth-order valence-corrected chi connectivity index (χ4v) is 8.36. The summed E-state index contributed by atoms with van der Waals surface area (Å²) in [6.07, 6.45) is 2.35. The first-order valence-electron chi connectivity index (χ1n) is 15.4. The number of fused-ring (bicyclic) bond motifs is 2. The van der Waals surface area contributed by atoms with E-state index in [1.165, 1.54) is 11.1 Å². The number of aliphatic carboxylic acids is 1. The van der Waals surface area contributed by atoms with Gasteiger partial charge in [0.15, 0.2) is 6.23 Å². The summed E-state index contributed by atoms with van der Waals surface area (Å²) in [5.74, 6) is 0.402. The Bertz CT molecular complexity index is 1820. The summed E-state index contributed by atoms with van der Waals surface area (Å²) in [6, 6.07) is 33.0. The average molecular weight is 672 g/mol. The van der Waals surface area contributed by atoms with E-state index < -0.39 is 12.2 Å². The predicted octanol–water partition coefficient (Wildman–Crippen LogP) is 3.62. The van der Waals surface area contributed by atoms with Crippen LogP contribution in [-0.4, -0.2) is 33.3 Å². The van der Waals surface area contributed by atoms with Gasteiger partial charge in [-0.25, -0.2) is 9.97 Å². The molecule has 47 heavy (non-hydrogen) atoms. The molecule has 6 aromatic rings. The molecule has 1 saturated carbocycles. The molecule has 8 nitrogen and oxygen atoms in total. The van der Waals surface area contributed by atoms with Gasteiger partial charge in [0.1, 0.15) is 34.7 Å². The minimum Gasteiger partial charge on any atom is -0.546 e. The maximum absolute atomic E-state index is 11.3. The van der Waals surface area contributed by atoms with E-state index in [1.54, 1.807) is 27.7 Å². The number of hydrogen-bond donors (Lipinski definition) is 0. The number of ether oxygens (including phenoxy) is 2. The molecule has 11 heteroatoms. The van der Waals surface area contributed by atoms with Gasteiger partial charge >= 0.3 is 29.6 Å². The Morgan fingerprint density at radius 2 is 1.23 bits per heavy atom. The Hall–Kier alpha value is -3.35. The van der Waals surface area contributed by atoms with Crippen LogP contribution in [0.15, 0.2) is 97.1 Å². The number of carboxylic acid groups (broad SMARTS) is 1. The van der Waals surface area contributed by atoms with Crippen molar-refractivity contribution >= 4 is 49.1 Å². The zero-order chi connectivity index (χ0) is 31.1. The van der Waals surface area contributed by atoms with Crippen LogP contribution in [0.1, 0.15) is 46.8 Å². The van der Waals surface area contributed by atoms with Crippen LogP contribution in [-0.2, 0) is 28.3 Å². The third kappa shape index (κ3) is 6.69. The normalized spacial score (nSPS) is 18.9. The topological polar surface area (TPSA) is 99.9 Å². The maximum atomic E-state index is 11.3. The van der Waals surface area contributed by atoms with Gasteiger partial charge < -0.3 is 19.4 Å². The number of carboxylic acids is 1. The van der Waals surface area contributed by atoms with Crippen LogP contribution in [0.5, 0.6) is 11.5 Å². The molecule has 1 aliphatic carbocycles. The summed E-state index contributed by atoms with van der Waals surface area (Å²) < 4.78 is 14.6. The third-order valence-corrected chi connectivity index (χ3v) is 11.0. The molecule has 2 fully saturated rings. The van der Waals surface area contributed by atoms with Crippen LogP contribution in [0.3, 0.4) is 0 Å². The van der Waals surface area contributed by atoms with Crippen molar-refractivity contribution in [3.05, 3.63) is 118 Å². The van der Waals surface area contributed by atoms with E-state index in [2.05, 4.69) is 46.4 Å². The quantitative estimate of drug-likeness (QED) is 0.161. The molecule has 2 aromatic heterocycles. The molecule has 2 unspecified atom stereocenters. The molecule has 3 heterocycles. The number of benzene rings is 4. The molecular weight excluding hydrogens is 642 g/mol. The molecule has 0 amide bonds. The van der Waals surface area contributed by atoms with Gasteiger partial charge in [-0.05, 0) is 85.3 Å². The van der Waals surface area contributed by atoms with Crippen LogP contribution < -0.4 is 44.1 Å². The van der Waals surface area contributed by atoms with Gasteiger partial charge in [-0.3, -0.25) is 4.84 Å². The molecule has 0 spiro atoms. The second-order valence-corrected chi connectivity index (χ2v) is 14.0. The van der Waals surface area contributed by atoms with Crippen molar-refractivity contribution in [3.8, 4) is 11.5 Å². The Morgan fingerprint density at radius 1 is 0.766 bits per heavy atom. The van der Waals surface area contributed by atoms with Crippen LogP contribution >= 0.6 is 22.7 Å². The summed E-state index contributed by atoms with van der Waals surface area (Å²) in [5, 5.41) is 14.8. The Kier molecular flexibility index (Phi) is 9.35. The minimum atomic E-state index is -1.18. The van der Waals surface area contributed by atoms with Crippen molar-refractivity contribution in [2.24, 2.45) is 0 Å². The number of para-hydroxylation sites is 2. The largest absolute Gasteiger partial charge is 1.00 e. The number of aromatic nitrogens is 2. The molecule has 1 aliphatic heterocycles. The molecule has 8 rings (SSSR count). The smallest absolute Gasteiger partial charge is 0.546 e. The van der Waals surface area contributed by atoms with Crippen molar-refractivity contribution in [1.29, 1.82) is 0 Å². The van der Waals surface area contributed by atoms with Crippen LogP contribution in [0.2, 0.25) is 0 Å². The average Bonchev–Trinajstić information content (AvgIpc) is 3.62. The summed E-state index contributed by atoms with van der Waals surface area (Å²) in [6.45, 7) is 0.832. The molecule has 2 atom stereocenters.